The van der Waals surface area contributed by atoms with Crippen LogP contribution in [0, 0.1) is 17.1 Å². The molecule has 0 heterocycles. The fourth-order valence-corrected chi connectivity index (χ4v) is 2.14. The Morgan fingerprint density at radius 2 is 2.00 bits per heavy atom. The van der Waals surface area contributed by atoms with E-state index in [9.17, 15) is 4.39 Å². The second kappa shape index (κ2) is 5.73. The smallest absolute Gasteiger partial charge is 0.146 e. The number of benzene rings is 2. The lowest BCUT2D eigenvalue weighted by atomic mass is 10.2. The zero-order valence-electron chi connectivity index (χ0n) is 10.4. The van der Waals surface area contributed by atoms with Gasteiger partial charge in [0, 0.05) is 12.2 Å². The van der Waals surface area contributed by atoms with Gasteiger partial charge in [-0.2, -0.15) is 5.26 Å². The molecule has 96 valence electrons. The molecule has 2 aromatic carbocycles. The van der Waals surface area contributed by atoms with Crippen LogP contribution in [0.5, 0.6) is 0 Å². The average molecular weight is 275 g/mol. The van der Waals surface area contributed by atoms with Crippen molar-refractivity contribution in [3.05, 3.63) is 58.9 Å². The van der Waals surface area contributed by atoms with Gasteiger partial charge < -0.3 is 4.90 Å². The molecule has 0 unspecified atom stereocenters. The van der Waals surface area contributed by atoms with Crippen molar-refractivity contribution in [2.75, 3.05) is 11.4 Å². The van der Waals surface area contributed by atoms with Crippen molar-refractivity contribution in [1.29, 1.82) is 5.26 Å². The van der Waals surface area contributed by atoms with E-state index in [-0.39, 0.29) is 5.82 Å². The lowest BCUT2D eigenvalue weighted by Gasteiger charge is -2.24. The SMILES string of the molecule is CCN(c1ccc(C#N)c(Cl)c1)c1ccccc1F. The number of hydrogen-bond acceptors (Lipinski definition) is 2. The molecule has 2 aromatic rings. The van der Waals surface area contributed by atoms with E-state index in [0.717, 1.165) is 5.69 Å². The van der Waals surface area contributed by atoms with E-state index in [2.05, 4.69) is 0 Å². The highest BCUT2D eigenvalue weighted by molar-refractivity contribution is 6.32. The van der Waals surface area contributed by atoms with Crippen LogP contribution in [-0.4, -0.2) is 6.54 Å². The number of anilines is 2. The van der Waals surface area contributed by atoms with Gasteiger partial charge in [0.15, 0.2) is 0 Å². The first-order valence-corrected chi connectivity index (χ1v) is 6.27. The van der Waals surface area contributed by atoms with Gasteiger partial charge in [-0.3, -0.25) is 0 Å². The summed E-state index contributed by atoms with van der Waals surface area (Å²) in [7, 11) is 0. The summed E-state index contributed by atoms with van der Waals surface area (Å²) in [5.74, 6) is -0.287. The summed E-state index contributed by atoms with van der Waals surface area (Å²) in [6, 6.07) is 13.7. The molecule has 0 fully saturated rings. The van der Waals surface area contributed by atoms with E-state index in [1.54, 1.807) is 36.4 Å². The predicted octanol–water partition coefficient (Wildman–Crippen LogP) is 4.51. The van der Waals surface area contributed by atoms with Crippen LogP contribution >= 0.6 is 11.6 Å². The first kappa shape index (κ1) is 13.4. The zero-order chi connectivity index (χ0) is 13.8. The quantitative estimate of drug-likeness (QED) is 0.823. The van der Waals surface area contributed by atoms with Gasteiger partial charge in [0.1, 0.15) is 11.9 Å². The van der Waals surface area contributed by atoms with E-state index >= 15 is 0 Å². The molecule has 0 saturated heterocycles. The van der Waals surface area contributed by atoms with Crippen molar-refractivity contribution in [3.8, 4) is 6.07 Å². The topological polar surface area (TPSA) is 27.0 Å². The number of rotatable bonds is 3. The molecular formula is C15H12ClFN2. The third-order valence-corrected chi connectivity index (χ3v) is 3.16. The summed E-state index contributed by atoms with van der Waals surface area (Å²) < 4.78 is 13.8. The lowest BCUT2D eigenvalue weighted by Crippen LogP contribution is -2.17. The van der Waals surface area contributed by atoms with E-state index in [0.29, 0.717) is 22.8 Å². The third kappa shape index (κ3) is 2.69. The normalized spacial score (nSPS) is 10.0. The molecule has 0 saturated carbocycles. The van der Waals surface area contributed by atoms with Gasteiger partial charge in [0.05, 0.1) is 16.3 Å². The van der Waals surface area contributed by atoms with Crippen molar-refractivity contribution < 1.29 is 4.39 Å². The maximum atomic E-state index is 13.8. The summed E-state index contributed by atoms with van der Waals surface area (Å²) in [5.41, 5.74) is 1.66. The highest BCUT2D eigenvalue weighted by Gasteiger charge is 2.12. The molecule has 0 aliphatic rings. The summed E-state index contributed by atoms with van der Waals surface area (Å²) in [4.78, 5) is 1.81. The largest absolute Gasteiger partial charge is 0.339 e. The fraction of sp³-hybridized carbons (Fsp3) is 0.133. The van der Waals surface area contributed by atoms with Gasteiger partial charge in [-0.05, 0) is 37.3 Å². The highest BCUT2D eigenvalue weighted by Crippen LogP contribution is 2.30. The van der Waals surface area contributed by atoms with E-state index in [4.69, 9.17) is 16.9 Å². The van der Waals surface area contributed by atoms with Gasteiger partial charge in [-0.1, -0.05) is 23.7 Å². The first-order valence-electron chi connectivity index (χ1n) is 5.89. The minimum atomic E-state index is -0.287. The van der Waals surface area contributed by atoms with Crippen molar-refractivity contribution in [2.24, 2.45) is 0 Å². The molecule has 4 heteroatoms. The number of nitrogens with zero attached hydrogens (tertiary/aromatic N) is 2. The Hall–Kier alpha value is -2.05. The lowest BCUT2D eigenvalue weighted by molar-refractivity contribution is 0.625. The molecule has 2 rings (SSSR count). The van der Waals surface area contributed by atoms with Crippen molar-refractivity contribution in [1.82, 2.24) is 0 Å². The monoisotopic (exact) mass is 274 g/mol. The molecule has 2 nitrogen and oxygen atoms in total. The van der Waals surface area contributed by atoms with Crippen LogP contribution in [0.15, 0.2) is 42.5 Å². The van der Waals surface area contributed by atoms with Crippen LogP contribution in [0.1, 0.15) is 12.5 Å². The Bertz CT molecular complexity index is 634. The third-order valence-electron chi connectivity index (χ3n) is 2.84. The average Bonchev–Trinajstić information content (AvgIpc) is 2.42. The molecule has 19 heavy (non-hydrogen) atoms. The standard InChI is InChI=1S/C15H12ClFN2/c1-2-19(15-6-4-3-5-14(15)17)12-8-7-11(10-18)13(16)9-12/h3-9H,2H2,1H3. The van der Waals surface area contributed by atoms with Crippen molar-refractivity contribution in [2.45, 2.75) is 6.92 Å². The van der Waals surface area contributed by atoms with Gasteiger partial charge in [-0.25, -0.2) is 4.39 Å². The van der Waals surface area contributed by atoms with Gasteiger partial charge >= 0.3 is 0 Å². The second-order valence-corrected chi connectivity index (χ2v) is 4.38. The van der Waals surface area contributed by atoms with E-state index < -0.39 is 0 Å². The first-order chi connectivity index (χ1) is 9.17. The molecule has 0 atom stereocenters. The maximum absolute atomic E-state index is 13.8. The van der Waals surface area contributed by atoms with Gasteiger partial charge in [0.25, 0.3) is 0 Å². The summed E-state index contributed by atoms with van der Waals surface area (Å²) in [5, 5.41) is 9.23. The van der Waals surface area contributed by atoms with Crippen LogP contribution in [0.25, 0.3) is 0 Å². The number of nitriles is 1. The van der Waals surface area contributed by atoms with Crippen molar-refractivity contribution >= 4 is 23.0 Å². The Kier molecular flexibility index (Phi) is 4.03. The van der Waals surface area contributed by atoms with Gasteiger partial charge in [0.2, 0.25) is 0 Å². The van der Waals surface area contributed by atoms with Crippen LogP contribution in [-0.2, 0) is 0 Å². The maximum Gasteiger partial charge on any atom is 0.146 e. The Morgan fingerprint density at radius 3 is 2.58 bits per heavy atom. The number of para-hydroxylation sites is 1. The van der Waals surface area contributed by atoms with Crippen LogP contribution in [0.2, 0.25) is 5.02 Å². The summed E-state index contributed by atoms with van der Waals surface area (Å²) in [6.45, 7) is 2.53. The Labute approximate surface area is 116 Å². The molecule has 0 radical (unpaired) electrons. The molecule has 0 N–H and O–H groups in total. The molecule has 0 bridgehead atoms. The molecular weight excluding hydrogens is 263 g/mol. The minimum Gasteiger partial charge on any atom is -0.339 e. The Balaban J connectivity index is 2.46. The fourth-order valence-electron chi connectivity index (χ4n) is 1.93. The van der Waals surface area contributed by atoms with Gasteiger partial charge in [-0.15, -0.1) is 0 Å². The summed E-state index contributed by atoms with van der Waals surface area (Å²) >= 11 is 6.01. The summed E-state index contributed by atoms with van der Waals surface area (Å²) in [6.07, 6.45) is 0. The molecule has 0 aliphatic carbocycles. The van der Waals surface area contributed by atoms with E-state index in [1.807, 2.05) is 17.9 Å². The highest BCUT2D eigenvalue weighted by atomic mass is 35.5. The van der Waals surface area contributed by atoms with Crippen molar-refractivity contribution in [3.63, 3.8) is 0 Å². The minimum absolute atomic E-state index is 0.287. The molecule has 0 aliphatic heterocycles. The zero-order valence-corrected chi connectivity index (χ0v) is 11.2. The number of hydrogen-bond donors (Lipinski definition) is 0. The van der Waals surface area contributed by atoms with E-state index in [1.165, 1.54) is 6.07 Å². The number of halogens is 2. The second-order valence-electron chi connectivity index (χ2n) is 3.97. The molecule has 0 spiro atoms. The Morgan fingerprint density at radius 1 is 1.26 bits per heavy atom. The van der Waals surface area contributed by atoms with Crippen LogP contribution in [0.3, 0.4) is 0 Å². The molecule has 0 aromatic heterocycles. The van der Waals surface area contributed by atoms with Crippen LogP contribution in [0.4, 0.5) is 15.8 Å². The molecule has 0 amide bonds. The van der Waals surface area contributed by atoms with Crippen LogP contribution < -0.4 is 4.90 Å². The predicted molar refractivity (Wildman–Crippen MR) is 75.2 cm³/mol.